The van der Waals surface area contributed by atoms with Crippen LogP contribution >= 0.6 is 15.9 Å². The lowest BCUT2D eigenvalue weighted by atomic mass is 10.1. The van der Waals surface area contributed by atoms with Crippen molar-refractivity contribution in [3.8, 4) is 5.75 Å². The maximum absolute atomic E-state index is 12.2. The van der Waals surface area contributed by atoms with Gasteiger partial charge in [-0.3, -0.25) is 4.79 Å². The van der Waals surface area contributed by atoms with E-state index in [2.05, 4.69) is 21.2 Å². The molecule has 0 aliphatic heterocycles. The number of halogens is 1. The van der Waals surface area contributed by atoms with Crippen molar-refractivity contribution in [3.05, 3.63) is 63.6 Å². The second kappa shape index (κ2) is 7.24. The third-order valence-corrected chi connectivity index (χ3v) is 3.61. The van der Waals surface area contributed by atoms with Crippen LogP contribution in [0.5, 0.6) is 5.75 Å². The van der Waals surface area contributed by atoms with Crippen molar-refractivity contribution in [3.63, 3.8) is 0 Å². The van der Waals surface area contributed by atoms with E-state index in [1.165, 1.54) is 0 Å². The number of rotatable bonds is 5. The Bertz CT molecular complexity index is 627. The van der Waals surface area contributed by atoms with E-state index in [-0.39, 0.29) is 5.91 Å². The van der Waals surface area contributed by atoms with E-state index >= 15 is 0 Å². The van der Waals surface area contributed by atoms with Gasteiger partial charge in [0.1, 0.15) is 5.75 Å². The lowest BCUT2D eigenvalue weighted by molar-refractivity contribution is 0.0948. The van der Waals surface area contributed by atoms with Crippen molar-refractivity contribution in [2.45, 2.75) is 13.1 Å². The molecular formula is C16H17BrN2O2. The molecule has 21 heavy (non-hydrogen) atoms. The fourth-order valence-electron chi connectivity index (χ4n) is 1.92. The Hall–Kier alpha value is -1.85. The third kappa shape index (κ3) is 4.06. The standard InChI is InChI=1S/C16H17BrN2O2/c1-21-15-8-13(17)6-7-14(15)16(20)19-10-12-4-2-11(9-18)3-5-12/h2-8H,9-10,18H2,1H3,(H,19,20). The maximum atomic E-state index is 12.2. The lowest BCUT2D eigenvalue weighted by Gasteiger charge is -2.10. The number of carbonyl (C=O) groups excluding carboxylic acids is 1. The summed E-state index contributed by atoms with van der Waals surface area (Å²) in [6.45, 7) is 0.978. The summed E-state index contributed by atoms with van der Waals surface area (Å²) in [7, 11) is 1.55. The van der Waals surface area contributed by atoms with Gasteiger partial charge >= 0.3 is 0 Å². The first-order valence-corrected chi connectivity index (χ1v) is 7.33. The van der Waals surface area contributed by atoms with E-state index in [1.807, 2.05) is 30.3 Å². The lowest BCUT2D eigenvalue weighted by Crippen LogP contribution is -2.23. The van der Waals surface area contributed by atoms with Crippen LogP contribution in [0.15, 0.2) is 46.9 Å². The molecule has 0 aliphatic rings. The maximum Gasteiger partial charge on any atom is 0.255 e. The predicted molar refractivity (Wildman–Crippen MR) is 86.2 cm³/mol. The molecule has 0 saturated heterocycles. The van der Waals surface area contributed by atoms with Crippen molar-refractivity contribution in [2.75, 3.05) is 7.11 Å². The molecular weight excluding hydrogens is 332 g/mol. The third-order valence-electron chi connectivity index (χ3n) is 3.12. The van der Waals surface area contributed by atoms with Gasteiger partial charge in [0.05, 0.1) is 12.7 Å². The highest BCUT2D eigenvalue weighted by atomic mass is 79.9. The molecule has 1 amide bonds. The van der Waals surface area contributed by atoms with E-state index in [0.29, 0.717) is 24.4 Å². The van der Waals surface area contributed by atoms with Crippen molar-refractivity contribution in [1.82, 2.24) is 5.32 Å². The summed E-state index contributed by atoms with van der Waals surface area (Å²) in [5.74, 6) is 0.377. The second-order valence-electron chi connectivity index (χ2n) is 4.55. The van der Waals surface area contributed by atoms with Gasteiger partial charge in [-0.1, -0.05) is 40.2 Å². The van der Waals surface area contributed by atoms with Crippen LogP contribution in [-0.2, 0) is 13.1 Å². The minimum absolute atomic E-state index is 0.165. The minimum atomic E-state index is -0.165. The normalized spacial score (nSPS) is 10.2. The van der Waals surface area contributed by atoms with Gasteiger partial charge in [0.25, 0.3) is 5.91 Å². The van der Waals surface area contributed by atoms with E-state index in [9.17, 15) is 4.79 Å². The number of nitrogens with one attached hydrogen (secondary N) is 1. The topological polar surface area (TPSA) is 64.3 Å². The molecule has 0 bridgehead atoms. The Balaban J connectivity index is 2.04. The van der Waals surface area contributed by atoms with Crippen LogP contribution in [0.1, 0.15) is 21.5 Å². The van der Waals surface area contributed by atoms with Gasteiger partial charge in [-0.15, -0.1) is 0 Å². The number of methoxy groups -OCH3 is 1. The molecule has 2 rings (SSSR count). The van der Waals surface area contributed by atoms with Gasteiger partial charge in [0, 0.05) is 17.6 Å². The zero-order chi connectivity index (χ0) is 15.2. The first-order valence-electron chi connectivity index (χ1n) is 6.53. The Kier molecular flexibility index (Phi) is 5.36. The number of carbonyl (C=O) groups is 1. The van der Waals surface area contributed by atoms with Gasteiger partial charge in [-0.2, -0.15) is 0 Å². The monoisotopic (exact) mass is 348 g/mol. The molecule has 2 aromatic carbocycles. The molecule has 0 aliphatic carbocycles. The van der Waals surface area contributed by atoms with Crippen LogP contribution in [0.25, 0.3) is 0 Å². The van der Waals surface area contributed by atoms with E-state index in [4.69, 9.17) is 10.5 Å². The first kappa shape index (κ1) is 15.5. The van der Waals surface area contributed by atoms with Crippen LogP contribution < -0.4 is 15.8 Å². The van der Waals surface area contributed by atoms with Crippen molar-refractivity contribution in [2.24, 2.45) is 5.73 Å². The van der Waals surface area contributed by atoms with Crippen LogP contribution in [-0.4, -0.2) is 13.0 Å². The first-order chi connectivity index (χ1) is 10.1. The molecule has 0 saturated carbocycles. The highest BCUT2D eigenvalue weighted by molar-refractivity contribution is 9.10. The van der Waals surface area contributed by atoms with Gasteiger partial charge < -0.3 is 15.8 Å². The molecule has 110 valence electrons. The number of hydrogen-bond acceptors (Lipinski definition) is 3. The Morgan fingerprint density at radius 2 is 1.86 bits per heavy atom. The van der Waals surface area contributed by atoms with Crippen LogP contribution in [0.4, 0.5) is 0 Å². The average Bonchev–Trinajstić information content (AvgIpc) is 2.52. The molecule has 2 aromatic rings. The fourth-order valence-corrected chi connectivity index (χ4v) is 2.26. The highest BCUT2D eigenvalue weighted by Crippen LogP contribution is 2.23. The van der Waals surface area contributed by atoms with Gasteiger partial charge in [-0.25, -0.2) is 0 Å². The summed E-state index contributed by atoms with van der Waals surface area (Å²) in [5, 5.41) is 2.88. The summed E-state index contributed by atoms with van der Waals surface area (Å²) in [6, 6.07) is 13.2. The summed E-state index contributed by atoms with van der Waals surface area (Å²) in [6.07, 6.45) is 0. The van der Waals surface area contributed by atoms with Gasteiger partial charge in [0.2, 0.25) is 0 Å². The molecule has 4 nitrogen and oxygen atoms in total. The summed E-state index contributed by atoms with van der Waals surface area (Å²) in [5.41, 5.74) is 8.16. The molecule has 0 unspecified atom stereocenters. The molecule has 0 aromatic heterocycles. The average molecular weight is 349 g/mol. The molecule has 0 spiro atoms. The second-order valence-corrected chi connectivity index (χ2v) is 5.46. The zero-order valence-electron chi connectivity index (χ0n) is 11.7. The summed E-state index contributed by atoms with van der Waals surface area (Å²) in [4.78, 5) is 12.2. The largest absolute Gasteiger partial charge is 0.496 e. The Morgan fingerprint density at radius 1 is 1.19 bits per heavy atom. The number of nitrogens with two attached hydrogens (primary N) is 1. The van der Waals surface area contributed by atoms with Crippen molar-refractivity contribution in [1.29, 1.82) is 0 Å². The molecule has 3 N–H and O–H groups in total. The Labute approximate surface area is 132 Å². The fraction of sp³-hybridized carbons (Fsp3) is 0.188. The van der Waals surface area contributed by atoms with E-state index in [0.717, 1.165) is 15.6 Å². The van der Waals surface area contributed by atoms with Crippen LogP contribution in [0, 0.1) is 0 Å². The van der Waals surface area contributed by atoms with E-state index in [1.54, 1.807) is 19.2 Å². The smallest absolute Gasteiger partial charge is 0.255 e. The number of ether oxygens (including phenoxy) is 1. The van der Waals surface area contributed by atoms with Crippen LogP contribution in [0.3, 0.4) is 0 Å². The molecule has 0 atom stereocenters. The Morgan fingerprint density at radius 3 is 2.48 bits per heavy atom. The minimum Gasteiger partial charge on any atom is -0.496 e. The van der Waals surface area contributed by atoms with E-state index < -0.39 is 0 Å². The molecule has 5 heteroatoms. The number of benzene rings is 2. The molecule has 0 fully saturated rings. The number of amides is 1. The zero-order valence-corrected chi connectivity index (χ0v) is 13.3. The van der Waals surface area contributed by atoms with Gasteiger partial charge in [0.15, 0.2) is 0 Å². The summed E-state index contributed by atoms with van der Waals surface area (Å²) < 4.78 is 6.09. The van der Waals surface area contributed by atoms with Crippen molar-refractivity contribution < 1.29 is 9.53 Å². The van der Waals surface area contributed by atoms with Crippen LogP contribution in [0.2, 0.25) is 0 Å². The van der Waals surface area contributed by atoms with Crippen molar-refractivity contribution >= 4 is 21.8 Å². The molecule has 0 radical (unpaired) electrons. The summed E-state index contributed by atoms with van der Waals surface area (Å²) >= 11 is 3.35. The SMILES string of the molecule is COc1cc(Br)ccc1C(=O)NCc1ccc(CN)cc1. The van der Waals surface area contributed by atoms with Gasteiger partial charge in [-0.05, 0) is 29.3 Å². The highest BCUT2D eigenvalue weighted by Gasteiger charge is 2.12. The predicted octanol–water partition coefficient (Wildman–Crippen LogP) is 2.85. The quantitative estimate of drug-likeness (QED) is 0.873. The molecule has 0 heterocycles. The number of hydrogen-bond donors (Lipinski definition) is 2.